The smallest absolute Gasteiger partial charge is 0.315 e. The third-order valence-corrected chi connectivity index (χ3v) is 6.06. The number of amides is 2. The van der Waals surface area contributed by atoms with Crippen LogP contribution >= 0.6 is 0 Å². The summed E-state index contributed by atoms with van der Waals surface area (Å²) >= 11 is 0. The molecular weight excluding hydrogens is 338 g/mol. The lowest BCUT2D eigenvalue weighted by Crippen LogP contribution is -2.52. The first-order chi connectivity index (χ1) is 13.1. The van der Waals surface area contributed by atoms with E-state index in [-0.39, 0.29) is 12.1 Å². The minimum atomic E-state index is -0.0147. The highest BCUT2D eigenvalue weighted by Gasteiger charge is 2.24. The Bertz CT molecular complexity index is 573. The number of nitrogens with one attached hydrogen (secondary N) is 2. The molecule has 2 unspecified atom stereocenters. The largest absolute Gasteiger partial charge is 0.337 e. The van der Waals surface area contributed by atoms with Crippen LogP contribution in [0.2, 0.25) is 0 Å². The van der Waals surface area contributed by atoms with Crippen LogP contribution in [0.25, 0.3) is 0 Å². The average molecular weight is 374 g/mol. The zero-order valence-electron chi connectivity index (χ0n) is 16.9. The van der Waals surface area contributed by atoms with Gasteiger partial charge in [-0.05, 0) is 63.8 Å². The molecule has 2 N–H and O–H groups in total. The van der Waals surface area contributed by atoms with Crippen molar-refractivity contribution in [1.82, 2.24) is 25.4 Å². The van der Waals surface area contributed by atoms with Crippen molar-refractivity contribution >= 4 is 6.03 Å². The summed E-state index contributed by atoms with van der Waals surface area (Å²) in [5.41, 5.74) is 1.30. The molecule has 2 amide bonds. The first kappa shape index (κ1) is 20.1. The van der Waals surface area contributed by atoms with E-state index in [2.05, 4.69) is 51.4 Å². The molecular formula is C21H35N5O. The van der Waals surface area contributed by atoms with Crippen molar-refractivity contribution in [3.8, 4) is 0 Å². The van der Waals surface area contributed by atoms with E-state index in [1.165, 1.54) is 24.8 Å². The maximum atomic E-state index is 12.3. The molecule has 0 bridgehead atoms. The molecule has 0 aromatic carbocycles. The molecule has 1 aromatic heterocycles. The lowest BCUT2D eigenvalue weighted by atomic mass is 10.0. The molecule has 2 fully saturated rings. The number of likely N-dealkylation sites (tertiary alicyclic amines) is 2. The highest BCUT2D eigenvalue weighted by atomic mass is 16.2. The molecule has 2 saturated heterocycles. The maximum Gasteiger partial charge on any atom is 0.315 e. The van der Waals surface area contributed by atoms with E-state index in [4.69, 9.17) is 0 Å². The molecule has 150 valence electrons. The number of aromatic nitrogens is 1. The highest BCUT2D eigenvalue weighted by Crippen LogP contribution is 2.18. The Hall–Kier alpha value is -1.66. The topological polar surface area (TPSA) is 60.5 Å². The second-order valence-electron chi connectivity index (χ2n) is 8.19. The molecule has 2 aliphatic rings. The van der Waals surface area contributed by atoms with Crippen molar-refractivity contribution in [2.45, 2.75) is 70.6 Å². The third kappa shape index (κ3) is 6.18. The van der Waals surface area contributed by atoms with Gasteiger partial charge in [0.2, 0.25) is 0 Å². The number of rotatable bonds is 6. The van der Waals surface area contributed by atoms with Gasteiger partial charge in [-0.2, -0.15) is 0 Å². The second-order valence-corrected chi connectivity index (χ2v) is 8.19. The van der Waals surface area contributed by atoms with Crippen molar-refractivity contribution in [1.29, 1.82) is 0 Å². The quantitative estimate of drug-likeness (QED) is 0.805. The van der Waals surface area contributed by atoms with Crippen molar-refractivity contribution in [3.63, 3.8) is 0 Å². The number of nitrogens with zero attached hydrogens (tertiary/aromatic N) is 3. The van der Waals surface area contributed by atoms with E-state index in [0.29, 0.717) is 12.1 Å². The first-order valence-corrected chi connectivity index (χ1v) is 10.5. The SMILES string of the molecule is CC1CCCCN1C(C)CNC(=O)NC1CCN(Cc2ccncc2)CC1. The molecule has 6 heteroatoms. The van der Waals surface area contributed by atoms with Crippen molar-refractivity contribution < 1.29 is 4.79 Å². The average Bonchev–Trinajstić information content (AvgIpc) is 2.69. The first-order valence-electron chi connectivity index (χ1n) is 10.5. The number of hydrogen-bond donors (Lipinski definition) is 2. The van der Waals surface area contributed by atoms with E-state index in [9.17, 15) is 4.79 Å². The minimum absolute atomic E-state index is 0.0147. The monoisotopic (exact) mass is 373 g/mol. The van der Waals surface area contributed by atoms with Gasteiger partial charge in [-0.15, -0.1) is 0 Å². The highest BCUT2D eigenvalue weighted by molar-refractivity contribution is 5.74. The molecule has 0 saturated carbocycles. The fourth-order valence-electron chi connectivity index (χ4n) is 4.35. The summed E-state index contributed by atoms with van der Waals surface area (Å²) in [6.07, 6.45) is 9.60. The van der Waals surface area contributed by atoms with Crippen LogP contribution in [0.5, 0.6) is 0 Å². The number of carbonyl (C=O) groups excluding carboxylic acids is 1. The van der Waals surface area contributed by atoms with E-state index in [1.807, 2.05) is 12.4 Å². The van der Waals surface area contributed by atoms with Gasteiger partial charge in [-0.3, -0.25) is 14.8 Å². The molecule has 0 spiro atoms. The molecule has 3 rings (SSSR count). The lowest BCUT2D eigenvalue weighted by Gasteiger charge is -2.38. The van der Waals surface area contributed by atoms with Gasteiger partial charge in [-0.1, -0.05) is 6.42 Å². The fourth-order valence-corrected chi connectivity index (χ4v) is 4.35. The van der Waals surface area contributed by atoms with E-state index in [0.717, 1.165) is 45.6 Å². The number of carbonyl (C=O) groups is 1. The Morgan fingerprint density at radius 2 is 1.93 bits per heavy atom. The Balaban J connectivity index is 1.33. The van der Waals surface area contributed by atoms with Crippen LogP contribution < -0.4 is 10.6 Å². The van der Waals surface area contributed by atoms with Crippen LogP contribution in [0.4, 0.5) is 4.79 Å². The molecule has 3 heterocycles. The predicted molar refractivity (Wildman–Crippen MR) is 109 cm³/mol. The molecule has 2 atom stereocenters. The van der Waals surface area contributed by atoms with E-state index < -0.39 is 0 Å². The summed E-state index contributed by atoms with van der Waals surface area (Å²) in [6, 6.07) is 5.43. The van der Waals surface area contributed by atoms with Gasteiger partial charge in [0.05, 0.1) is 0 Å². The number of piperidine rings is 2. The summed E-state index contributed by atoms with van der Waals surface area (Å²) < 4.78 is 0. The van der Waals surface area contributed by atoms with Crippen molar-refractivity contribution in [3.05, 3.63) is 30.1 Å². The Morgan fingerprint density at radius 3 is 2.63 bits per heavy atom. The van der Waals surface area contributed by atoms with Crippen molar-refractivity contribution in [2.24, 2.45) is 0 Å². The summed E-state index contributed by atoms with van der Waals surface area (Å²) in [5.74, 6) is 0. The Morgan fingerprint density at radius 1 is 1.19 bits per heavy atom. The Labute approximate surface area is 163 Å². The molecule has 1 aromatic rings. The summed E-state index contributed by atoms with van der Waals surface area (Å²) in [6.45, 7) is 9.41. The molecule has 6 nitrogen and oxygen atoms in total. The van der Waals surface area contributed by atoms with Crippen LogP contribution in [0, 0.1) is 0 Å². The van der Waals surface area contributed by atoms with Crippen molar-refractivity contribution in [2.75, 3.05) is 26.2 Å². The lowest BCUT2D eigenvalue weighted by molar-refractivity contribution is 0.113. The van der Waals surface area contributed by atoms with Gasteiger partial charge in [0, 0.05) is 56.7 Å². The summed E-state index contributed by atoms with van der Waals surface area (Å²) in [7, 11) is 0. The third-order valence-electron chi connectivity index (χ3n) is 6.06. The van der Waals surface area contributed by atoms with E-state index >= 15 is 0 Å². The van der Waals surface area contributed by atoms with Gasteiger partial charge < -0.3 is 10.6 Å². The van der Waals surface area contributed by atoms with Crippen LogP contribution in [-0.2, 0) is 6.54 Å². The predicted octanol–water partition coefficient (Wildman–Crippen LogP) is 2.61. The van der Waals surface area contributed by atoms with Gasteiger partial charge in [0.15, 0.2) is 0 Å². The normalized spacial score (nSPS) is 23.7. The van der Waals surface area contributed by atoms with Crippen LogP contribution in [0.3, 0.4) is 0 Å². The van der Waals surface area contributed by atoms with Crippen LogP contribution in [0.1, 0.15) is 51.5 Å². The maximum absolute atomic E-state index is 12.3. The molecule has 2 aliphatic heterocycles. The van der Waals surface area contributed by atoms with Gasteiger partial charge >= 0.3 is 6.03 Å². The van der Waals surface area contributed by atoms with E-state index in [1.54, 1.807) is 0 Å². The van der Waals surface area contributed by atoms with Crippen LogP contribution in [-0.4, -0.2) is 65.1 Å². The number of pyridine rings is 1. The van der Waals surface area contributed by atoms with Crippen LogP contribution in [0.15, 0.2) is 24.5 Å². The standard InChI is InChI=1S/C21H35N5O/c1-17-5-3-4-12-26(17)18(2)15-23-21(27)24-20-8-13-25(14-9-20)16-19-6-10-22-11-7-19/h6-7,10-11,17-18,20H,3-5,8-9,12-16H2,1-2H3,(H2,23,24,27). The Kier molecular flexibility index (Phi) is 7.47. The number of hydrogen-bond acceptors (Lipinski definition) is 4. The fraction of sp³-hybridized carbons (Fsp3) is 0.714. The molecule has 0 aliphatic carbocycles. The van der Waals surface area contributed by atoms with Gasteiger partial charge in [0.1, 0.15) is 0 Å². The zero-order valence-corrected chi connectivity index (χ0v) is 16.9. The van der Waals surface area contributed by atoms with Gasteiger partial charge in [-0.25, -0.2) is 4.79 Å². The zero-order chi connectivity index (χ0) is 19.1. The number of urea groups is 1. The summed E-state index contributed by atoms with van der Waals surface area (Å²) in [4.78, 5) is 21.3. The summed E-state index contributed by atoms with van der Waals surface area (Å²) in [5, 5.41) is 6.25. The molecule has 0 radical (unpaired) electrons. The van der Waals surface area contributed by atoms with Gasteiger partial charge in [0.25, 0.3) is 0 Å². The minimum Gasteiger partial charge on any atom is -0.337 e. The second kappa shape index (κ2) is 10.0. The molecule has 27 heavy (non-hydrogen) atoms.